The second kappa shape index (κ2) is 4.31. The average molecular weight is 206 g/mol. The van der Waals surface area contributed by atoms with Gasteiger partial charge in [0.05, 0.1) is 0 Å². The molecule has 2 aliphatic rings. The molecular weight excluding hydrogens is 180 g/mol. The van der Waals surface area contributed by atoms with Gasteiger partial charge in [0.25, 0.3) is 0 Å². The van der Waals surface area contributed by atoms with Crippen molar-refractivity contribution < 1.29 is 0 Å². The van der Waals surface area contributed by atoms with Crippen LogP contribution < -0.4 is 0 Å². The van der Waals surface area contributed by atoms with Gasteiger partial charge in [0.1, 0.15) is 0 Å². The molecular formula is C15H26. The average Bonchev–Trinajstić information content (AvgIpc) is 2.26. The summed E-state index contributed by atoms with van der Waals surface area (Å²) in [6.07, 6.45) is 12.5. The van der Waals surface area contributed by atoms with Crippen LogP contribution in [0.5, 0.6) is 0 Å². The summed E-state index contributed by atoms with van der Waals surface area (Å²) in [7, 11) is 0. The predicted octanol–water partition coefficient (Wildman–Crippen LogP) is 4.95. The third kappa shape index (κ3) is 2.65. The van der Waals surface area contributed by atoms with Gasteiger partial charge in [-0.1, -0.05) is 38.8 Å². The fourth-order valence-electron chi connectivity index (χ4n) is 3.10. The molecule has 15 heavy (non-hydrogen) atoms. The molecule has 0 saturated heterocycles. The predicted molar refractivity (Wildman–Crippen MR) is 66.8 cm³/mol. The van der Waals surface area contributed by atoms with Gasteiger partial charge in [0.15, 0.2) is 0 Å². The minimum atomic E-state index is 0.589. The van der Waals surface area contributed by atoms with E-state index in [1.165, 1.54) is 44.9 Å². The van der Waals surface area contributed by atoms with E-state index < -0.39 is 0 Å². The highest BCUT2D eigenvalue weighted by molar-refractivity contribution is 5.13. The van der Waals surface area contributed by atoms with E-state index >= 15 is 0 Å². The van der Waals surface area contributed by atoms with E-state index in [2.05, 4.69) is 26.8 Å². The molecule has 0 aliphatic heterocycles. The van der Waals surface area contributed by atoms with Gasteiger partial charge in [-0.3, -0.25) is 0 Å². The molecule has 0 nitrogen and oxygen atoms in total. The van der Waals surface area contributed by atoms with Crippen molar-refractivity contribution in [1.29, 1.82) is 0 Å². The van der Waals surface area contributed by atoms with E-state index in [0.717, 1.165) is 11.8 Å². The van der Waals surface area contributed by atoms with Crippen LogP contribution in [-0.4, -0.2) is 0 Å². The lowest BCUT2D eigenvalue weighted by atomic mass is 9.69. The highest BCUT2D eigenvalue weighted by Crippen LogP contribution is 2.45. The molecule has 86 valence electrons. The van der Waals surface area contributed by atoms with Gasteiger partial charge in [0.2, 0.25) is 0 Å². The largest absolute Gasteiger partial charge is 0.0850 e. The maximum atomic E-state index is 2.57. The molecule has 0 aromatic heterocycles. The molecule has 0 aromatic carbocycles. The molecule has 0 N–H and O–H groups in total. The van der Waals surface area contributed by atoms with Gasteiger partial charge in [0, 0.05) is 0 Å². The van der Waals surface area contributed by atoms with Gasteiger partial charge >= 0.3 is 0 Å². The van der Waals surface area contributed by atoms with E-state index in [-0.39, 0.29) is 0 Å². The van der Waals surface area contributed by atoms with E-state index in [1.807, 2.05) is 5.57 Å². The standard InChI is InChI=1S/C15H26/c1-4-12-10-14(11-12)13-6-5-8-15(2,3)9-7-13/h6,12,14H,4-5,7-11H2,1-3H3. The monoisotopic (exact) mass is 206 g/mol. The van der Waals surface area contributed by atoms with E-state index in [9.17, 15) is 0 Å². The van der Waals surface area contributed by atoms with Crippen molar-refractivity contribution >= 4 is 0 Å². The zero-order chi connectivity index (χ0) is 10.9. The zero-order valence-corrected chi connectivity index (χ0v) is 10.7. The van der Waals surface area contributed by atoms with Crippen LogP contribution in [0.4, 0.5) is 0 Å². The lowest BCUT2D eigenvalue weighted by Crippen LogP contribution is -2.24. The summed E-state index contributed by atoms with van der Waals surface area (Å²) in [6.45, 7) is 7.20. The van der Waals surface area contributed by atoms with E-state index in [4.69, 9.17) is 0 Å². The summed E-state index contributed by atoms with van der Waals surface area (Å²) in [5.74, 6) is 2.02. The van der Waals surface area contributed by atoms with Crippen molar-refractivity contribution in [2.24, 2.45) is 17.3 Å². The molecule has 0 heteroatoms. The molecule has 0 atom stereocenters. The Balaban J connectivity index is 1.87. The minimum Gasteiger partial charge on any atom is -0.0850 e. The third-order valence-corrected chi connectivity index (χ3v) is 4.66. The first-order chi connectivity index (χ1) is 7.11. The Morgan fingerprint density at radius 2 is 2.00 bits per heavy atom. The van der Waals surface area contributed by atoms with Crippen molar-refractivity contribution in [2.75, 3.05) is 0 Å². The molecule has 2 rings (SSSR count). The molecule has 0 heterocycles. The maximum absolute atomic E-state index is 2.57. The summed E-state index contributed by atoms with van der Waals surface area (Å²) in [6, 6.07) is 0. The summed E-state index contributed by atoms with van der Waals surface area (Å²) >= 11 is 0. The number of hydrogen-bond acceptors (Lipinski definition) is 0. The maximum Gasteiger partial charge on any atom is -0.0198 e. The van der Waals surface area contributed by atoms with Crippen LogP contribution in [0.15, 0.2) is 11.6 Å². The Kier molecular flexibility index (Phi) is 3.23. The molecule has 0 amide bonds. The van der Waals surface area contributed by atoms with E-state index in [0.29, 0.717) is 5.41 Å². The van der Waals surface area contributed by atoms with Crippen LogP contribution in [0, 0.1) is 17.3 Å². The fraction of sp³-hybridized carbons (Fsp3) is 0.867. The van der Waals surface area contributed by atoms with Crippen molar-refractivity contribution in [3.05, 3.63) is 11.6 Å². The van der Waals surface area contributed by atoms with Gasteiger partial charge in [-0.15, -0.1) is 0 Å². The fourth-order valence-corrected chi connectivity index (χ4v) is 3.10. The Morgan fingerprint density at radius 1 is 1.27 bits per heavy atom. The Bertz CT molecular complexity index is 241. The molecule has 0 radical (unpaired) electrons. The minimum absolute atomic E-state index is 0.589. The van der Waals surface area contributed by atoms with Crippen molar-refractivity contribution in [2.45, 2.75) is 65.7 Å². The van der Waals surface area contributed by atoms with Gasteiger partial charge in [-0.05, 0) is 55.8 Å². The first-order valence-corrected chi connectivity index (χ1v) is 6.79. The molecule has 0 aromatic rings. The number of rotatable bonds is 2. The highest BCUT2D eigenvalue weighted by Gasteiger charge is 2.31. The van der Waals surface area contributed by atoms with E-state index in [1.54, 1.807) is 0 Å². The van der Waals surface area contributed by atoms with Gasteiger partial charge in [-0.25, -0.2) is 0 Å². The lowest BCUT2D eigenvalue weighted by molar-refractivity contribution is 0.213. The topological polar surface area (TPSA) is 0 Å². The summed E-state index contributed by atoms with van der Waals surface area (Å²) in [5, 5.41) is 0. The van der Waals surface area contributed by atoms with Crippen molar-refractivity contribution in [3.63, 3.8) is 0 Å². The smallest absolute Gasteiger partial charge is 0.0198 e. The molecule has 0 bridgehead atoms. The normalized spacial score (nSPS) is 35.3. The summed E-state index contributed by atoms with van der Waals surface area (Å²) in [5.41, 5.74) is 2.40. The third-order valence-electron chi connectivity index (χ3n) is 4.66. The Labute approximate surface area is 95.1 Å². The van der Waals surface area contributed by atoms with Crippen LogP contribution in [0.3, 0.4) is 0 Å². The van der Waals surface area contributed by atoms with Crippen molar-refractivity contribution in [3.8, 4) is 0 Å². The van der Waals surface area contributed by atoms with Crippen LogP contribution in [0.1, 0.15) is 65.7 Å². The highest BCUT2D eigenvalue weighted by atomic mass is 14.4. The van der Waals surface area contributed by atoms with Gasteiger partial charge < -0.3 is 0 Å². The molecule has 2 aliphatic carbocycles. The molecule has 0 spiro atoms. The van der Waals surface area contributed by atoms with Crippen LogP contribution in [0.2, 0.25) is 0 Å². The summed E-state index contributed by atoms with van der Waals surface area (Å²) < 4.78 is 0. The SMILES string of the molecule is CCC1CC(C2=CCCC(C)(C)CC2)C1. The molecule has 1 saturated carbocycles. The van der Waals surface area contributed by atoms with Crippen LogP contribution in [0.25, 0.3) is 0 Å². The lowest BCUT2D eigenvalue weighted by Gasteiger charge is -2.37. The quantitative estimate of drug-likeness (QED) is 0.561. The molecule has 0 unspecified atom stereocenters. The zero-order valence-electron chi connectivity index (χ0n) is 10.7. The Morgan fingerprint density at radius 3 is 2.67 bits per heavy atom. The first-order valence-electron chi connectivity index (χ1n) is 6.79. The second-order valence-corrected chi connectivity index (χ2v) is 6.42. The van der Waals surface area contributed by atoms with Gasteiger partial charge in [-0.2, -0.15) is 0 Å². The second-order valence-electron chi connectivity index (χ2n) is 6.42. The Hall–Kier alpha value is -0.260. The number of hydrogen-bond donors (Lipinski definition) is 0. The number of allylic oxidation sites excluding steroid dienone is 2. The van der Waals surface area contributed by atoms with Crippen molar-refractivity contribution in [1.82, 2.24) is 0 Å². The van der Waals surface area contributed by atoms with Crippen LogP contribution in [-0.2, 0) is 0 Å². The molecule has 1 fully saturated rings. The summed E-state index contributed by atoms with van der Waals surface area (Å²) in [4.78, 5) is 0. The first kappa shape index (κ1) is 11.2. The van der Waals surface area contributed by atoms with Crippen LogP contribution >= 0.6 is 0 Å².